The van der Waals surface area contributed by atoms with Crippen molar-refractivity contribution >= 4 is 33.2 Å². The number of aryl methyl sites for hydroxylation is 1. The van der Waals surface area contributed by atoms with Crippen molar-refractivity contribution in [2.45, 2.75) is 33.2 Å². The van der Waals surface area contributed by atoms with Gasteiger partial charge in [0, 0.05) is 32.8 Å². The monoisotopic (exact) mass is 416 g/mol. The van der Waals surface area contributed by atoms with E-state index in [9.17, 15) is 4.79 Å². The van der Waals surface area contributed by atoms with Gasteiger partial charge in [-0.3, -0.25) is 4.79 Å². The normalized spacial score (nSPS) is 11.0. The molecule has 0 aliphatic rings. The highest BCUT2D eigenvalue weighted by molar-refractivity contribution is 9.10. The number of carbonyl (C=O) groups excluding carboxylic acids is 1. The summed E-state index contributed by atoms with van der Waals surface area (Å²) in [6.07, 6.45) is 1.81. The van der Waals surface area contributed by atoms with Crippen LogP contribution in [0.1, 0.15) is 33.5 Å². The first-order valence-corrected chi connectivity index (χ1v) is 10.00. The van der Waals surface area contributed by atoms with Gasteiger partial charge in [-0.05, 0) is 48.9 Å². The molecule has 1 aromatic carbocycles. The van der Waals surface area contributed by atoms with Crippen molar-refractivity contribution < 1.29 is 4.79 Å². The minimum atomic E-state index is -0.361. The zero-order chi connectivity index (χ0) is 18.0. The Kier molecular flexibility index (Phi) is 5.45. The van der Waals surface area contributed by atoms with Crippen LogP contribution >= 0.6 is 27.3 Å². The van der Waals surface area contributed by atoms with Crippen LogP contribution in [-0.2, 0) is 19.4 Å². The lowest BCUT2D eigenvalue weighted by atomic mass is 9.99. The average molecular weight is 417 g/mol. The smallest absolute Gasteiger partial charge is 0.251 e. The van der Waals surface area contributed by atoms with Crippen molar-refractivity contribution in [1.29, 1.82) is 0 Å². The summed E-state index contributed by atoms with van der Waals surface area (Å²) in [6.45, 7) is 4.98. The van der Waals surface area contributed by atoms with Gasteiger partial charge in [-0.25, -0.2) is 0 Å². The summed E-state index contributed by atoms with van der Waals surface area (Å²) in [5, 5.41) is 2.10. The topological polar surface area (TPSA) is 48.0 Å². The largest absolute Gasteiger partial charge is 0.366 e. The van der Waals surface area contributed by atoms with E-state index in [4.69, 9.17) is 5.73 Å². The molecule has 0 saturated carbocycles. The third-order valence-corrected chi connectivity index (χ3v) is 5.97. The molecule has 0 saturated heterocycles. The summed E-state index contributed by atoms with van der Waals surface area (Å²) < 4.78 is 3.28. The van der Waals surface area contributed by atoms with Crippen molar-refractivity contribution in [2.24, 2.45) is 5.73 Å². The highest BCUT2D eigenvalue weighted by atomic mass is 79.9. The molecule has 25 heavy (non-hydrogen) atoms. The van der Waals surface area contributed by atoms with Crippen molar-refractivity contribution in [3.63, 3.8) is 0 Å². The van der Waals surface area contributed by atoms with Crippen LogP contribution in [0.25, 0.3) is 11.1 Å². The molecule has 3 nitrogen and oxygen atoms in total. The summed E-state index contributed by atoms with van der Waals surface area (Å²) in [6, 6.07) is 12.3. The molecule has 3 rings (SSSR count). The summed E-state index contributed by atoms with van der Waals surface area (Å²) in [4.78, 5) is 13.5. The molecule has 0 atom stereocenters. The van der Waals surface area contributed by atoms with E-state index in [0.717, 1.165) is 40.7 Å². The molecule has 0 aliphatic heterocycles. The number of primary amides is 1. The van der Waals surface area contributed by atoms with E-state index in [1.54, 1.807) is 11.3 Å². The van der Waals surface area contributed by atoms with Gasteiger partial charge in [0.25, 0.3) is 5.91 Å². The zero-order valence-electron chi connectivity index (χ0n) is 14.4. The fourth-order valence-electron chi connectivity index (χ4n) is 3.37. The number of hydrogen-bond donors (Lipinski definition) is 1. The molecule has 0 aliphatic carbocycles. The number of benzene rings is 1. The van der Waals surface area contributed by atoms with Gasteiger partial charge in [0.15, 0.2) is 0 Å². The maximum atomic E-state index is 12.2. The summed E-state index contributed by atoms with van der Waals surface area (Å²) in [5.41, 5.74) is 10.5. The minimum Gasteiger partial charge on any atom is -0.366 e. The maximum Gasteiger partial charge on any atom is 0.251 e. The first kappa shape index (κ1) is 18.0. The number of nitrogens with two attached hydrogens (primary N) is 1. The third kappa shape index (κ3) is 3.58. The van der Waals surface area contributed by atoms with Gasteiger partial charge in [0.1, 0.15) is 0 Å². The number of thiophene rings is 1. The molecule has 5 heteroatoms. The number of rotatable bonds is 6. The lowest BCUT2D eigenvalue weighted by Crippen LogP contribution is -2.13. The van der Waals surface area contributed by atoms with Gasteiger partial charge in [-0.2, -0.15) is 0 Å². The van der Waals surface area contributed by atoms with Crippen LogP contribution < -0.4 is 5.73 Å². The van der Waals surface area contributed by atoms with Crippen LogP contribution in [0.4, 0.5) is 0 Å². The predicted octanol–water partition coefficient (Wildman–Crippen LogP) is 5.19. The maximum absolute atomic E-state index is 12.2. The van der Waals surface area contributed by atoms with Crippen LogP contribution in [0.3, 0.4) is 0 Å². The minimum absolute atomic E-state index is 0.361. The first-order chi connectivity index (χ1) is 12.0. The molecule has 0 radical (unpaired) electrons. The van der Waals surface area contributed by atoms with E-state index in [2.05, 4.69) is 44.9 Å². The van der Waals surface area contributed by atoms with E-state index in [0.29, 0.717) is 5.56 Å². The molecule has 2 heterocycles. The number of carbonyl (C=O) groups is 1. The summed E-state index contributed by atoms with van der Waals surface area (Å²) in [7, 11) is 0. The Morgan fingerprint density at radius 2 is 1.96 bits per heavy atom. The van der Waals surface area contributed by atoms with Crippen molar-refractivity contribution in [1.82, 2.24) is 4.57 Å². The lowest BCUT2D eigenvalue weighted by molar-refractivity contribution is 0.1000. The number of amides is 1. The van der Waals surface area contributed by atoms with E-state index >= 15 is 0 Å². The Morgan fingerprint density at radius 3 is 2.52 bits per heavy atom. The Bertz CT molecular complexity index is 880. The van der Waals surface area contributed by atoms with Crippen molar-refractivity contribution in [3.05, 3.63) is 68.1 Å². The Hall–Kier alpha value is -1.85. The predicted molar refractivity (Wildman–Crippen MR) is 108 cm³/mol. The Morgan fingerprint density at radius 1 is 1.24 bits per heavy atom. The van der Waals surface area contributed by atoms with Crippen molar-refractivity contribution in [3.8, 4) is 11.1 Å². The number of halogens is 1. The van der Waals surface area contributed by atoms with Crippen LogP contribution in [0, 0.1) is 6.92 Å². The van der Waals surface area contributed by atoms with Crippen molar-refractivity contribution in [2.75, 3.05) is 0 Å². The van der Waals surface area contributed by atoms with E-state index in [-0.39, 0.29) is 5.91 Å². The molecule has 3 aromatic rings. The fourth-order valence-corrected chi connectivity index (χ4v) is 4.34. The fraction of sp³-hybridized carbons (Fsp3) is 0.250. The second kappa shape index (κ2) is 7.58. The second-order valence-electron chi connectivity index (χ2n) is 5.99. The molecule has 2 N–H and O–H groups in total. The van der Waals surface area contributed by atoms with Gasteiger partial charge in [-0.1, -0.05) is 41.1 Å². The molecular formula is C20H21BrN2OS. The van der Waals surface area contributed by atoms with E-state index in [1.807, 2.05) is 31.2 Å². The molecule has 2 aromatic heterocycles. The van der Waals surface area contributed by atoms with E-state index in [1.165, 1.54) is 10.6 Å². The van der Waals surface area contributed by atoms with Crippen LogP contribution in [-0.4, -0.2) is 10.5 Å². The summed E-state index contributed by atoms with van der Waals surface area (Å²) >= 11 is 5.24. The molecule has 0 spiro atoms. The number of nitrogens with zero attached hydrogens (tertiary/aromatic N) is 1. The van der Waals surface area contributed by atoms with Crippen LogP contribution in [0.5, 0.6) is 0 Å². The SMILES string of the molecule is CCc1c(-c2ccc(Br)cc2)c(C(N)=O)c(C)n1CCc1cccs1. The summed E-state index contributed by atoms with van der Waals surface area (Å²) in [5.74, 6) is -0.361. The van der Waals surface area contributed by atoms with Gasteiger partial charge in [0.2, 0.25) is 0 Å². The van der Waals surface area contributed by atoms with Gasteiger partial charge >= 0.3 is 0 Å². The molecule has 0 bridgehead atoms. The lowest BCUT2D eigenvalue weighted by Gasteiger charge is -2.11. The number of hydrogen-bond acceptors (Lipinski definition) is 2. The van der Waals surface area contributed by atoms with Gasteiger partial charge < -0.3 is 10.3 Å². The highest BCUT2D eigenvalue weighted by Gasteiger charge is 2.23. The zero-order valence-corrected chi connectivity index (χ0v) is 16.8. The molecule has 130 valence electrons. The second-order valence-corrected chi connectivity index (χ2v) is 7.94. The molecule has 1 amide bonds. The van der Waals surface area contributed by atoms with Gasteiger partial charge in [0.05, 0.1) is 5.56 Å². The highest BCUT2D eigenvalue weighted by Crippen LogP contribution is 2.34. The van der Waals surface area contributed by atoms with E-state index < -0.39 is 0 Å². The van der Waals surface area contributed by atoms with Crippen LogP contribution in [0.2, 0.25) is 0 Å². The Labute approximate surface area is 160 Å². The molecular weight excluding hydrogens is 396 g/mol. The molecule has 0 unspecified atom stereocenters. The average Bonchev–Trinajstić information content (AvgIpc) is 3.19. The standard InChI is InChI=1S/C20H21BrN2OS/c1-3-17-19(14-6-8-15(21)9-7-14)18(20(22)24)13(2)23(17)11-10-16-5-4-12-25-16/h4-9,12H,3,10-11H2,1-2H3,(H2,22,24). The third-order valence-electron chi connectivity index (χ3n) is 4.51. The quantitative estimate of drug-likeness (QED) is 0.590. The molecule has 0 fully saturated rings. The van der Waals surface area contributed by atoms with Gasteiger partial charge in [-0.15, -0.1) is 11.3 Å². The number of aromatic nitrogens is 1. The van der Waals surface area contributed by atoms with Crippen LogP contribution in [0.15, 0.2) is 46.3 Å². The first-order valence-electron chi connectivity index (χ1n) is 8.33. The Balaban J connectivity index is 2.10.